The van der Waals surface area contributed by atoms with Gasteiger partial charge in [0, 0.05) is 30.4 Å². The maximum atomic E-state index is 12.0. The van der Waals surface area contributed by atoms with Crippen molar-refractivity contribution in [2.24, 2.45) is 4.99 Å². The smallest absolute Gasteiger partial charge is 0.251 e. The maximum absolute atomic E-state index is 12.0. The van der Waals surface area contributed by atoms with E-state index in [0.717, 1.165) is 17.8 Å². The van der Waals surface area contributed by atoms with Crippen LogP contribution in [0.3, 0.4) is 0 Å². The second-order valence-corrected chi connectivity index (χ2v) is 5.95. The van der Waals surface area contributed by atoms with Gasteiger partial charge in [-0.1, -0.05) is 12.1 Å². The molecule has 2 aromatic carbocycles. The monoisotopic (exact) mass is 384 g/mol. The molecule has 0 aromatic heterocycles. The van der Waals surface area contributed by atoms with Crippen LogP contribution in [0.4, 0.5) is 5.69 Å². The number of benzene rings is 2. The van der Waals surface area contributed by atoms with Gasteiger partial charge in [-0.2, -0.15) is 0 Å². The Hall–Kier alpha value is -3.22. The number of hydrogen-bond donors (Lipinski definition) is 3. The Morgan fingerprint density at radius 2 is 1.71 bits per heavy atom. The summed E-state index contributed by atoms with van der Waals surface area (Å²) in [5.74, 6) is 1.86. The molecule has 0 saturated carbocycles. The first kappa shape index (κ1) is 21.1. The lowest BCUT2D eigenvalue weighted by atomic mass is 10.1. The summed E-state index contributed by atoms with van der Waals surface area (Å²) in [6.07, 6.45) is 0. The Balaban J connectivity index is 2.14. The number of methoxy groups -OCH3 is 2. The molecule has 28 heavy (non-hydrogen) atoms. The summed E-state index contributed by atoms with van der Waals surface area (Å²) in [5, 5.41) is 9.28. The largest absolute Gasteiger partial charge is 0.493 e. The lowest BCUT2D eigenvalue weighted by Gasteiger charge is -2.14. The molecular weight excluding hydrogens is 356 g/mol. The predicted octanol–water partition coefficient (Wildman–Crippen LogP) is 3.03. The first-order valence-corrected chi connectivity index (χ1v) is 9.25. The lowest BCUT2D eigenvalue weighted by Crippen LogP contribution is -2.30. The van der Waals surface area contributed by atoms with Crippen LogP contribution in [0.2, 0.25) is 0 Å². The van der Waals surface area contributed by atoms with Gasteiger partial charge in [0.15, 0.2) is 17.5 Å². The van der Waals surface area contributed by atoms with Crippen LogP contribution >= 0.6 is 0 Å². The minimum atomic E-state index is -0.0799. The van der Waals surface area contributed by atoms with E-state index in [1.54, 1.807) is 20.3 Å². The van der Waals surface area contributed by atoms with Crippen LogP contribution in [0.5, 0.6) is 11.5 Å². The zero-order valence-electron chi connectivity index (χ0n) is 16.8. The molecule has 150 valence electrons. The fourth-order valence-corrected chi connectivity index (χ4v) is 2.60. The van der Waals surface area contributed by atoms with Crippen molar-refractivity contribution in [3.63, 3.8) is 0 Å². The summed E-state index contributed by atoms with van der Waals surface area (Å²) in [4.78, 5) is 16.6. The number of hydrogen-bond acceptors (Lipinski definition) is 4. The Kier molecular flexibility index (Phi) is 8.14. The van der Waals surface area contributed by atoms with Crippen molar-refractivity contribution < 1.29 is 14.3 Å². The van der Waals surface area contributed by atoms with E-state index in [4.69, 9.17) is 9.47 Å². The highest BCUT2D eigenvalue weighted by Gasteiger charge is 2.07. The third-order valence-electron chi connectivity index (χ3n) is 3.94. The van der Waals surface area contributed by atoms with Gasteiger partial charge in [0.2, 0.25) is 0 Å². The third kappa shape index (κ3) is 5.90. The molecule has 0 aliphatic carbocycles. The molecule has 3 N–H and O–H groups in total. The van der Waals surface area contributed by atoms with E-state index in [9.17, 15) is 4.79 Å². The van der Waals surface area contributed by atoms with Crippen molar-refractivity contribution in [3.05, 3.63) is 53.6 Å². The van der Waals surface area contributed by atoms with Gasteiger partial charge in [-0.05, 0) is 43.7 Å². The van der Waals surface area contributed by atoms with Gasteiger partial charge >= 0.3 is 0 Å². The molecular formula is C21H28N4O3. The SMILES string of the molecule is CCNC(=O)c1cccc(CN=C(NCC)Nc2ccc(OC)c(OC)c2)c1. The summed E-state index contributed by atoms with van der Waals surface area (Å²) in [5.41, 5.74) is 2.41. The van der Waals surface area contributed by atoms with Gasteiger partial charge in [0.25, 0.3) is 5.91 Å². The molecule has 0 bridgehead atoms. The Labute approximate surface area is 166 Å². The van der Waals surface area contributed by atoms with E-state index in [-0.39, 0.29) is 5.91 Å². The molecule has 0 unspecified atom stereocenters. The van der Waals surface area contributed by atoms with Crippen LogP contribution < -0.4 is 25.4 Å². The number of guanidine groups is 1. The zero-order chi connectivity index (χ0) is 20.4. The van der Waals surface area contributed by atoms with Crippen molar-refractivity contribution in [2.75, 3.05) is 32.6 Å². The van der Waals surface area contributed by atoms with Crippen LogP contribution in [0.15, 0.2) is 47.5 Å². The average Bonchev–Trinajstić information content (AvgIpc) is 2.72. The number of amides is 1. The predicted molar refractivity (Wildman–Crippen MR) is 112 cm³/mol. The van der Waals surface area contributed by atoms with Gasteiger partial charge in [-0.3, -0.25) is 4.79 Å². The van der Waals surface area contributed by atoms with Crippen LogP contribution in [0.25, 0.3) is 0 Å². The molecule has 7 heteroatoms. The second kappa shape index (κ2) is 10.8. The van der Waals surface area contributed by atoms with E-state index < -0.39 is 0 Å². The quantitative estimate of drug-likeness (QED) is 0.481. The fourth-order valence-electron chi connectivity index (χ4n) is 2.60. The van der Waals surface area contributed by atoms with Crippen LogP contribution in [-0.2, 0) is 6.54 Å². The number of aliphatic imine (C=N–C) groups is 1. The van der Waals surface area contributed by atoms with Crippen molar-refractivity contribution in [1.82, 2.24) is 10.6 Å². The molecule has 0 radical (unpaired) electrons. The Morgan fingerprint density at radius 3 is 2.39 bits per heavy atom. The molecule has 0 saturated heterocycles. The summed E-state index contributed by atoms with van der Waals surface area (Å²) >= 11 is 0. The zero-order valence-corrected chi connectivity index (χ0v) is 16.8. The molecule has 7 nitrogen and oxygen atoms in total. The highest BCUT2D eigenvalue weighted by molar-refractivity contribution is 5.95. The van der Waals surface area contributed by atoms with Crippen molar-refractivity contribution in [3.8, 4) is 11.5 Å². The van der Waals surface area contributed by atoms with E-state index in [2.05, 4.69) is 20.9 Å². The molecule has 2 rings (SSSR count). The summed E-state index contributed by atoms with van der Waals surface area (Å²) in [6.45, 7) is 5.66. The number of nitrogens with one attached hydrogen (secondary N) is 3. The second-order valence-electron chi connectivity index (χ2n) is 5.95. The van der Waals surface area contributed by atoms with Gasteiger partial charge in [-0.25, -0.2) is 4.99 Å². The molecule has 2 aromatic rings. The molecule has 0 aliphatic rings. The standard InChI is InChI=1S/C21H28N4O3/c1-5-22-20(26)16-9-7-8-15(12-16)14-24-21(23-6-2)25-17-10-11-18(27-3)19(13-17)28-4/h7-13H,5-6,14H2,1-4H3,(H,22,26)(H2,23,24,25). The fraction of sp³-hybridized carbons (Fsp3) is 0.333. The number of ether oxygens (including phenoxy) is 2. The molecule has 0 fully saturated rings. The van der Waals surface area contributed by atoms with Crippen molar-refractivity contribution >= 4 is 17.6 Å². The van der Waals surface area contributed by atoms with E-state index >= 15 is 0 Å². The highest BCUT2D eigenvalue weighted by atomic mass is 16.5. The van der Waals surface area contributed by atoms with Crippen LogP contribution in [-0.4, -0.2) is 39.2 Å². The van der Waals surface area contributed by atoms with E-state index in [0.29, 0.717) is 36.1 Å². The first-order valence-electron chi connectivity index (χ1n) is 9.25. The van der Waals surface area contributed by atoms with Gasteiger partial charge in [-0.15, -0.1) is 0 Å². The van der Waals surface area contributed by atoms with Gasteiger partial charge in [0.05, 0.1) is 20.8 Å². The normalized spacial score (nSPS) is 10.9. The number of nitrogens with zero attached hydrogens (tertiary/aromatic N) is 1. The molecule has 1 amide bonds. The van der Waals surface area contributed by atoms with E-state index in [1.165, 1.54) is 0 Å². The Bertz CT molecular complexity index is 821. The first-order chi connectivity index (χ1) is 13.6. The van der Waals surface area contributed by atoms with Crippen LogP contribution in [0, 0.1) is 0 Å². The molecule has 0 spiro atoms. The summed E-state index contributed by atoms with van der Waals surface area (Å²) < 4.78 is 10.6. The minimum Gasteiger partial charge on any atom is -0.493 e. The number of carbonyl (C=O) groups is 1. The van der Waals surface area contributed by atoms with Gasteiger partial charge < -0.3 is 25.4 Å². The third-order valence-corrected chi connectivity index (χ3v) is 3.94. The minimum absolute atomic E-state index is 0.0799. The highest BCUT2D eigenvalue weighted by Crippen LogP contribution is 2.29. The average molecular weight is 384 g/mol. The lowest BCUT2D eigenvalue weighted by molar-refractivity contribution is 0.0955. The maximum Gasteiger partial charge on any atom is 0.251 e. The van der Waals surface area contributed by atoms with Crippen molar-refractivity contribution in [1.29, 1.82) is 0 Å². The van der Waals surface area contributed by atoms with Crippen LogP contribution in [0.1, 0.15) is 29.8 Å². The van der Waals surface area contributed by atoms with E-state index in [1.807, 2.05) is 50.2 Å². The molecule has 0 atom stereocenters. The summed E-state index contributed by atoms with van der Waals surface area (Å²) in [7, 11) is 3.20. The topological polar surface area (TPSA) is 84.0 Å². The van der Waals surface area contributed by atoms with Crippen molar-refractivity contribution in [2.45, 2.75) is 20.4 Å². The Morgan fingerprint density at radius 1 is 0.964 bits per heavy atom. The number of rotatable bonds is 8. The summed E-state index contributed by atoms with van der Waals surface area (Å²) in [6, 6.07) is 13.0. The number of anilines is 1. The van der Waals surface area contributed by atoms with Gasteiger partial charge in [0.1, 0.15) is 0 Å². The molecule has 0 heterocycles. The number of carbonyl (C=O) groups excluding carboxylic acids is 1. The molecule has 0 aliphatic heterocycles.